The van der Waals surface area contributed by atoms with Crippen LogP contribution in [0.5, 0.6) is 0 Å². The number of hydrogen-bond donors (Lipinski definition) is 1. The van der Waals surface area contributed by atoms with E-state index < -0.39 is 0 Å². The molecule has 0 radical (unpaired) electrons. The Labute approximate surface area is 72.0 Å². The summed E-state index contributed by atoms with van der Waals surface area (Å²) in [7, 11) is 1.64. The molecule has 1 N–H and O–H groups in total. The topological polar surface area (TPSA) is 33.0 Å². The number of hydrogen-bond acceptors (Lipinski definition) is 1. The van der Waals surface area contributed by atoms with Crippen molar-refractivity contribution < 1.29 is 9.36 Å². The first-order chi connectivity index (χ1) is 5.75. The maximum Gasteiger partial charge on any atom is 0.288 e. The molecular weight excluding hydrogens is 152 g/mol. The second-order valence-electron chi connectivity index (χ2n) is 2.61. The van der Waals surface area contributed by atoms with Crippen LogP contribution in [0.2, 0.25) is 0 Å². The number of likely N-dealkylation sites (N-methyl/N-ethyl adjacent to an activating group) is 1. The lowest BCUT2D eigenvalue weighted by Gasteiger charge is -2.03. The average molecular weight is 165 g/mol. The summed E-state index contributed by atoms with van der Waals surface area (Å²) in [5, 5.41) is 2.60. The monoisotopic (exact) mass is 165 g/mol. The zero-order valence-corrected chi connectivity index (χ0v) is 7.32. The van der Waals surface area contributed by atoms with E-state index in [2.05, 4.69) is 5.32 Å². The second-order valence-corrected chi connectivity index (χ2v) is 2.61. The Hall–Kier alpha value is -1.38. The fourth-order valence-electron chi connectivity index (χ4n) is 1.01. The molecule has 0 saturated heterocycles. The highest BCUT2D eigenvalue weighted by Crippen LogP contribution is 1.92. The third-order valence-corrected chi connectivity index (χ3v) is 1.81. The Morgan fingerprint density at radius 3 is 2.42 bits per heavy atom. The van der Waals surface area contributed by atoms with Crippen LogP contribution in [0.4, 0.5) is 0 Å². The Balaban J connectivity index is 2.78. The summed E-state index contributed by atoms with van der Waals surface area (Å²) >= 11 is 0. The number of pyridine rings is 1. The number of nitrogens with zero attached hydrogens (tertiary/aromatic N) is 1. The van der Waals surface area contributed by atoms with Gasteiger partial charge in [0.25, 0.3) is 5.91 Å². The van der Waals surface area contributed by atoms with E-state index in [-0.39, 0.29) is 11.9 Å². The number of aromatic nitrogens is 1. The number of carbonyl (C=O) groups is 1. The third kappa shape index (κ3) is 1.81. The van der Waals surface area contributed by atoms with Gasteiger partial charge in [-0.3, -0.25) is 4.79 Å². The molecule has 1 unspecified atom stereocenters. The van der Waals surface area contributed by atoms with E-state index in [1.807, 2.05) is 42.1 Å². The molecule has 0 aliphatic carbocycles. The highest BCUT2D eigenvalue weighted by atomic mass is 16.2. The summed E-state index contributed by atoms with van der Waals surface area (Å²) in [6.07, 6.45) is 3.75. The molecule has 3 nitrogen and oxygen atoms in total. The molecule has 1 atom stereocenters. The van der Waals surface area contributed by atoms with Gasteiger partial charge in [0.15, 0.2) is 12.4 Å². The summed E-state index contributed by atoms with van der Waals surface area (Å²) in [5.41, 5.74) is 0. The van der Waals surface area contributed by atoms with Gasteiger partial charge >= 0.3 is 0 Å². The Kier molecular flexibility index (Phi) is 2.80. The van der Waals surface area contributed by atoms with Gasteiger partial charge in [0, 0.05) is 26.1 Å². The predicted molar refractivity (Wildman–Crippen MR) is 45.4 cm³/mol. The maximum atomic E-state index is 11.2. The van der Waals surface area contributed by atoms with Crippen molar-refractivity contribution in [1.82, 2.24) is 5.32 Å². The molecule has 3 heteroatoms. The van der Waals surface area contributed by atoms with Crippen LogP contribution in [-0.2, 0) is 4.79 Å². The van der Waals surface area contributed by atoms with E-state index in [0.29, 0.717) is 0 Å². The van der Waals surface area contributed by atoms with Crippen molar-refractivity contribution >= 4 is 5.91 Å². The smallest absolute Gasteiger partial charge is 0.288 e. The second kappa shape index (κ2) is 3.85. The van der Waals surface area contributed by atoms with Crippen LogP contribution in [0.1, 0.15) is 13.0 Å². The minimum Gasteiger partial charge on any atom is -0.353 e. The molecular formula is C9H13N2O+. The first-order valence-electron chi connectivity index (χ1n) is 3.93. The van der Waals surface area contributed by atoms with E-state index in [1.54, 1.807) is 7.05 Å². The van der Waals surface area contributed by atoms with Crippen LogP contribution in [-0.4, -0.2) is 13.0 Å². The summed E-state index contributed by atoms with van der Waals surface area (Å²) in [4.78, 5) is 11.2. The lowest BCUT2D eigenvalue weighted by molar-refractivity contribution is -0.706. The van der Waals surface area contributed by atoms with Gasteiger partial charge in [-0.25, -0.2) is 0 Å². The third-order valence-electron chi connectivity index (χ3n) is 1.81. The molecule has 64 valence electrons. The quantitative estimate of drug-likeness (QED) is 0.627. The molecule has 0 aromatic carbocycles. The van der Waals surface area contributed by atoms with Crippen LogP contribution < -0.4 is 9.88 Å². The molecule has 12 heavy (non-hydrogen) atoms. The van der Waals surface area contributed by atoms with E-state index in [0.717, 1.165) is 0 Å². The van der Waals surface area contributed by atoms with E-state index in [9.17, 15) is 4.79 Å². The van der Waals surface area contributed by atoms with Crippen molar-refractivity contribution in [2.75, 3.05) is 7.05 Å². The Bertz CT molecular complexity index is 258. The standard InChI is InChI=1S/C9H12N2O/c1-8(9(12)10-2)11-6-4-3-5-7-11/h3-8H,1-2H3/p+1. The molecule has 1 rings (SSSR count). The van der Waals surface area contributed by atoms with Gasteiger partial charge in [-0.1, -0.05) is 6.07 Å². The van der Waals surface area contributed by atoms with Crippen molar-refractivity contribution in [2.45, 2.75) is 13.0 Å². The van der Waals surface area contributed by atoms with E-state index >= 15 is 0 Å². The zero-order valence-electron chi connectivity index (χ0n) is 7.32. The van der Waals surface area contributed by atoms with Gasteiger partial charge in [-0.15, -0.1) is 0 Å². The fraction of sp³-hybridized carbons (Fsp3) is 0.333. The van der Waals surface area contributed by atoms with Crippen LogP contribution in [0, 0.1) is 0 Å². The molecule has 0 aliphatic rings. The normalized spacial score (nSPS) is 12.2. The first-order valence-corrected chi connectivity index (χ1v) is 3.93. The molecule has 0 aliphatic heterocycles. The van der Waals surface area contributed by atoms with Crippen LogP contribution >= 0.6 is 0 Å². The van der Waals surface area contributed by atoms with Gasteiger partial charge in [0.1, 0.15) is 0 Å². The van der Waals surface area contributed by atoms with Crippen molar-refractivity contribution in [3.8, 4) is 0 Å². The van der Waals surface area contributed by atoms with E-state index in [4.69, 9.17) is 0 Å². The molecule has 1 aromatic heterocycles. The molecule has 1 aromatic rings. The van der Waals surface area contributed by atoms with Gasteiger partial charge in [-0.2, -0.15) is 4.57 Å². The van der Waals surface area contributed by atoms with Gasteiger partial charge in [-0.05, 0) is 0 Å². The van der Waals surface area contributed by atoms with Crippen molar-refractivity contribution in [2.24, 2.45) is 0 Å². The van der Waals surface area contributed by atoms with E-state index in [1.165, 1.54) is 0 Å². The SMILES string of the molecule is CNC(=O)C(C)[n+]1ccccc1. The minimum atomic E-state index is -0.142. The lowest BCUT2D eigenvalue weighted by Crippen LogP contribution is -2.45. The number of rotatable bonds is 2. The summed E-state index contributed by atoms with van der Waals surface area (Å²) < 4.78 is 1.86. The largest absolute Gasteiger partial charge is 0.353 e. The number of carbonyl (C=O) groups excluding carboxylic acids is 1. The summed E-state index contributed by atoms with van der Waals surface area (Å²) in [6.45, 7) is 1.86. The molecule has 0 spiro atoms. The molecule has 0 fully saturated rings. The van der Waals surface area contributed by atoms with Gasteiger partial charge < -0.3 is 5.32 Å². The van der Waals surface area contributed by atoms with Gasteiger partial charge in [0.05, 0.1) is 0 Å². The fourth-order valence-corrected chi connectivity index (χ4v) is 1.01. The lowest BCUT2D eigenvalue weighted by atomic mass is 10.3. The molecule has 1 heterocycles. The van der Waals surface area contributed by atoms with Crippen molar-refractivity contribution in [3.63, 3.8) is 0 Å². The highest BCUT2D eigenvalue weighted by molar-refractivity contribution is 5.77. The summed E-state index contributed by atoms with van der Waals surface area (Å²) in [6, 6.07) is 5.59. The minimum absolute atomic E-state index is 0.0196. The highest BCUT2D eigenvalue weighted by Gasteiger charge is 2.18. The number of amides is 1. The van der Waals surface area contributed by atoms with Crippen LogP contribution in [0.15, 0.2) is 30.6 Å². The molecule has 1 amide bonds. The van der Waals surface area contributed by atoms with Crippen molar-refractivity contribution in [3.05, 3.63) is 30.6 Å². The van der Waals surface area contributed by atoms with Crippen molar-refractivity contribution in [1.29, 1.82) is 0 Å². The Morgan fingerprint density at radius 1 is 1.33 bits per heavy atom. The zero-order chi connectivity index (χ0) is 8.97. The predicted octanol–water partition coefficient (Wildman–Crippen LogP) is 0.281. The van der Waals surface area contributed by atoms with Crippen LogP contribution in [0.3, 0.4) is 0 Å². The van der Waals surface area contributed by atoms with Gasteiger partial charge in [0.2, 0.25) is 6.04 Å². The maximum absolute atomic E-state index is 11.2. The van der Waals surface area contributed by atoms with Crippen LogP contribution in [0.25, 0.3) is 0 Å². The number of nitrogens with one attached hydrogen (secondary N) is 1. The first kappa shape index (κ1) is 8.71. The molecule has 0 saturated carbocycles. The molecule has 0 bridgehead atoms. The summed E-state index contributed by atoms with van der Waals surface area (Å²) in [5.74, 6) is 0.0196. The average Bonchev–Trinajstić information content (AvgIpc) is 2.17. The Morgan fingerprint density at radius 2 is 1.92 bits per heavy atom.